The highest BCUT2D eigenvalue weighted by atomic mass is 79.9. The van der Waals surface area contributed by atoms with Crippen molar-refractivity contribution >= 4 is 15.9 Å². The van der Waals surface area contributed by atoms with E-state index >= 15 is 0 Å². The first-order valence-electron chi connectivity index (χ1n) is 3.85. The van der Waals surface area contributed by atoms with E-state index in [2.05, 4.69) is 15.9 Å². The second-order valence-corrected chi connectivity index (χ2v) is 3.36. The Hall–Kier alpha value is -0.580. The van der Waals surface area contributed by atoms with Gasteiger partial charge >= 0.3 is 0 Å². The van der Waals surface area contributed by atoms with E-state index in [1.165, 1.54) is 6.07 Å². The smallest absolute Gasteiger partial charge is 0.121 e. The van der Waals surface area contributed by atoms with Crippen molar-refractivity contribution in [1.29, 1.82) is 0 Å². The summed E-state index contributed by atoms with van der Waals surface area (Å²) >= 11 is 3.14. The maximum absolute atomic E-state index is 9.43. The molecule has 1 rings (SSSR count). The summed E-state index contributed by atoms with van der Waals surface area (Å²) in [5.41, 5.74) is 1.11. The van der Waals surface area contributed by atoms with Crippen molar-refractivity contribution in [2.75, 3.05) is 5.33 Å². The Bertz CT molecular complexity index is 288. The molecule has 1 aromatic rings. The van der Waals surface area contributed by atoms with E-state index in [0.29, 0.717) is 16.5 Å². The van der Waals surface area contributed by atoms with Crippen molar-refractivity contribution in [3.05, 3.63) is 29.3 Å². The Morgan fingerprint density at radius 2 is 2.08 bits per heavy atom. The summed E-state index contributed by atoms with van der Waals surface area (Å²) < 4.78 is 0. The third kappa shape index (κ3) is 2.43. The van der Waals surface area contributed by atoms with Crippen LogP contribution in [0, 0.1) is 0 Å². The molecule has 3 N–H and O–H groups in total. The molecule has 0 bridgehead atoms. The average Bonchev–Trinajstić information content (AvgIpc) is 2.17. The molecule has 0 saturated carbocycles. The van der Waals surface area contributed by atoms with Gasteiger partial charge in [0.2, 0.25) is 0 Å². The summed E-state index contributed by atoms with van der Waals surface area (Å²) in [6.07, 6.45) is -0.606. The second kappa shape index (κ2) is 4.60. The first kappa shape index (κ1) is 10.5. The summed E-state index contributed by atoms with van der Waals surface area (Å²) in [7, 11) is 0. The summed E-state index contributed by atoms with van der Waals surface area (Å²) in [6.45, 7) is -0.228. The molecule has 0 saturated heterocycles. The molecule has 0 amide bonds. The summed E-state index contributed by atoms with van der Waals surface area (Å²) in [5, 5.41) is 27.9. The molecule has 0 fully saturated rings. The lowest BCUT2D eigenvalue weighted by Crippen LogP contribution is -1.99. The van der Waals surface area contributed by atoms with Crippen molar-refractivity contribution in [1.82, 2.24) is 0 Å². The molecule has 0 heterocycles. The number of hydrogen-bond acceptors (Lipinski definition) is 3. The molecule has 0 spiro atoms. The van der Waals surface area contributed by atoms with Gasteiger partial charge in [0, 0.05) is 10.9 Å². The Morgan fingerprint density at radius 1 is 1.38 bits per heavy atom. The largest absolute Gasteiger partial charge is 0.508 e. The first-order valence-corrected chi connectivity index (χ1v) is 4.98. The quantitative estimate of drug-likeness (QED) is 0.706. The highest BCUT2D eigenvalue weighted by Gasteiger charge is 2.08. The van der Waals surface area contributed by atoms with Crippen LogP contribution in [0.1, 0.15) is 17.2 Å². The molecule has 0 unspecified atom stereocenters. The van der Waals surface area contributed by atoms with E-state index < -0.39 is 6.10 Å². The van der Waals surface area contributed by atoms with Crippen LogP contribution < -0.4 is 0 Å². The van der Waals surface area contributed by atoms with Gasteiger partial charge in [-0.25, -0.2) is 0 Å². The molecule has 4 heteroatoms. The van der Waals surface area contributed by atoms with E-state index in [1.807, 2.05) is 0 Å². The molecule has 1 atom stereocenters. The minimum Gasteiger partial charge on any atom is -0.508 e. The molecule has 0 aliphatic carbocycles. The van der Waals surface area contributed by atoms with Crippen LogP contribution in [-0.2, 0) is 6.61 Å². The van der Waals surface area contributed by atoms with E-state index in [1.54, 1.807) is 12.1 Å². The maximum Gasteiger partial charge on any atom is 0.121 e. The molecule has 13 heavy (non-hydrogen) atoms. The number of rotatable bonds is 3. The third-order valence-corrected chi connectivity index (χ3v) is 2.42. The number of benzene rings is 1. The summed E-state index contributed by atoms with van der Waals surface area (Å²) in [6, 6.07) is 4.68. The van der Waals surface area contributed by atoms with Crippen molar-refractivity contribution < 1.29 is 15.3 Å². The van der Waals surface area contributed by atoms with Crippen LogP contribution >= 0.6 is 15.9 Å². The number of aliphatic hydroxyl groups excluding tert-OH is 2. The third-order valence-electron chi connectivity index (χ3n) is 1.80. The fourth-order valence-electron chi connectivity index (χ4n) is 1.03. The fourth-order valence-corrected chi connectivity index (χ4v) is 1.40. The van der Waals surface area contributed by atoms with Gasteiger partial charge in [0.15, 0.2) is 0 Å². The molecule has 0 radical (unpaired) electrons. The zero-order valence-corrected chi connectivity index (χ0v) is 8.53. The van der Waals surface area contributed by atoms with Crippen LogP contribution in [0.2, 0.25) is 0 Å². The standard InChI is InChI=1S/C9H11BrO3/c10-4-9(13)6-1-2-8(12)7(3-6)5-11/h1-3,9,11-13H,4-5H2/t9-/m0/s1. The molecular formula is C9H11BrO3. The summed E-state index contributed by atoms with van der Waals surface area (Å²) in [4.78, 5) is 0. The van der Waals surface area contributed by atoms with Crippen LogP contribution in [0.5, 0.6) is 5.75 Å². The van der Waals surface area contributed by atoms with Crippen molar-refractivity contribution in [2.45, 2.75) is 12.7 Å². The van der Waals surface area contributed by atoms with Gasteiger partial charge in [0.05, 0.1) is 12.7 Å². The van der Waals surface area contributed by atoms with Crippen LogP contribution in [-0.4, -0.2) is 20.6 Å². The van der Waals surface area contributed by atoms with E-state index in [-0.39, 0.29) is 12.4 Å². The molecule has 0 aliphatic rings. The minimum absolute atomic E-state index is 0.0491. The predicted octanol–water partition coefficient (Wildman–Crippen LogP) is 1.31. The number of phenols is 1. The molecule has 3 nitrogen and oxygen atoms in total. The van der Waals surface area contributed by atoms with Crippen molar-refractivity contribution in [3.8, 4) is 5.75 Å². The maximum atomic E-state index is 9.43. The lowest BCUT2D eigenvalue weighted by atomic mass is 10.1. The van der Waals surface area contributed by atoms with Crippen LogP contribution in [0.15, 0.2) is 18.2 Å². The highest BCUT2D eigenvalue weighted by Crippen LogP contribution is 2.23. The monoisotopic (exact) mass is 246 g/mol. The molecule has 0 aromatic heterocycles. The zero-order chi connectivity index (χ0) is 9.84. The lowest BCUT2D eigenvalue weighted by molar-refractivity contribution is 0.204. The van der Waals surface area contributed by atoms with Crippen LogP contribution in [0.4, 0.5) is 0 Å². The first-order chi connectivity index (χ1) is 6.19. The highest BCUT2D eigenvalue weighted by molar-refractivity contribution is 9.09. The Kier molecular flexibility index (Phi) is 3.71. The van der Waals surface area contributed by atoms with Crippen LogP contribution in [0.3, 0.4) is 0 Å². The van der Waals surface area contributed by atoms with E-state index in [4.69, 9.17) is 5.11 Å². The number of aliphatic hydroxyl groups is 2. The van der Waals surface area contributed by atoms with E-state index in [9.17, 15) is 10.2 Å². The number of aromatic hydroxyl groups is 1. The SMILES string of the molecule is OCc1cc([C@@H](O)CBr)ccc1O. The van der Waals surface area contributed by atoms with Gasteiger partial charge in [0.1, 0.15) is 5.75 Å². The van der Waals surface area contributed by atoms with E-state index in [0.717, 1.165) is 0 Å². The minimum atomic E-state index is -0.606. The Balaban J connectivity index is 2.99. The number of hydrogen-bond donors (Lipinski definition) is 3. The zero-order valence-electron chi connectivity index (χ0n) is 6.94. The number of alkyl halides is 1. The normalized spacial score (nSPS) is 12.8. The average molecular weight is 247 g/mol. The molecule has 0 aliphatic heterocycles. The van der Waals surface area contributed by atoms with Gasteiger partial charge in [-0.1, -0.05) is 22.0 Å². The molecule has 72 valence electrons. The topological polar surface area (TPSA) is 60.7 Å². The Morgan fingerprint density at radius 3 is 2.62 bits per heavy atom. The van der Waals surface area contributed by atoms with Gasteiger partial charge in [-0.2, -0.15) is 0 Å². The van der Waals surface area contributed by atoms with Gasteiger partial charge in [-0.05, 0) is 17.7 Å². The molecule has 1 aromatic carbocycles. The van der Waals surface area contributed by atoms with Crippen molar-refractivity contribution in [3.63, 3.8) is 0 Å². The van der Waals surface area contributed by atoms with Crippen molar-refractivity contribution in [2.24, 2.45) is 0 Å². The lowest BCUT2D eigenvalue weighted by Gasteiger charge is -2.09. The Labute approximate surface area is 84.8 Å². The van der Waals surface area contributed by atoms with Gasteiger partial charge in [-0.15, -0.1) is 0 Å². The van der Waals surface area contributed by atoms with Gasteiger partial charge < -0.3 is 15.3 Å². The van der Waals surface area contributed by atoms with Crippen LogP contribution in [0.25, 0.3) is 0 Å². The fraction of sp³-hybridized carbons (Fsp3) is 0.333. The van der Waals surface area contributed by atoms with Gasteiger partial charge in [0.25, 0.3) is 0 Å². The number of halogens is 1. The van der Waals surface area contributed by atoms with Gasteiger partial charge in [-0.3, -0.25) is 0 Å². The summed E-state index contributed by atoms with van der Waals surface area (Å²) in [5.74, 6) is 0.0491. The molecular weight excluding hydrogens is 236 g/mol. The predicted molar refractivity (Wildman–Crippen MR) is 52.8 cm³/mol. The second-order valence-electron chi connectivity index (χ2n) is 2.72.